The molecule has 26 heavy (non-hydrogen) atoms. The molecule has 1 amide bonds. The molecule has 0 atom stereocenters. The fourth-order valence-corrected chi connectivity index (χ4v) is 3.43. The van der Waals surface area contributed by atoms with Crippen LogP contribution < -0.4 is 10.2 Å². The Morgan fingerprint density at radius 3 is 2.77 bits per heavy atom. The van der Waals surface area contributed by atoms with E-state index in [-0.39, 0.29) is 11.8 Å². The molecule has 1 N–H and O–H groups in total. The van der Waals surface area contributed by atoms with Crippen molar-refractivity contribution in [2.45, 2.75) is 26.3 Å². The largest absolute Gasteiger partial charge is 0.356 e. The number of nitrogens with zero attached hydrogens (tertiary/aromatic N) is 4. The number of amides is 1. The van der Waals surface area contributed by atoms with Crippen LogP contribution >= 0.6 is 0 Å². The Morgan fingerprint density at radius 2 is 2.00 bits per heavy atom. The van der Waals surface area contributed by atoms with E-state index in [1.165, 1.54) is 6.33 Å². The number of aromatic nitrogens is 3. The van der Waals surface area contributed by atoms with E-state index in [1.54, 1.807) is 0 Å². The van der Waals surface area contributed by atoms with Crippen molar-refractivity contribution >= 4 is 22.8 Å². The van der Waals surface area contributed by atoms with Gasteiger partial charge in [-0.05, 0) is 25.3 Å². The van der Waals surface area contributed by atoms with E-state index in [0.29, 0.717) is 12.3 Å². The van der Waals surface area contributed by atoms with Crippen LogP contribution in [0.1, 0.15) is 24.1 Å². The zero-order chi connectivity index (χ0) is 17.9. The van der Waals surface area contributed by atoms with Crippen LogP contribution in [0.4, 0.5) is 5.82 Å². The molecule has 0 radical (unpaired) electrons. The fraction of sp³-hybridized carbons (Fsp3) is 0.368. The van der Waals surface area contributed by atoms with Gasteiger partial charge in [-0.15, -0.1) is 0 Å². The molecule has 2 aromatic heterocycles. The second-order valence-corrected chi connectivity index (χ2v) is 6.61. The molecular weight excluding hydrogens is 330 g/mol. The van der Waals surface area contributed by atoms with Crippen molar-refractivity contribution in [2.75, 3.05) is 18.0 Å². The first-order valence-corrected chi connectivity index (χ1v) is 8.86. The average molecular weight is 351 g/mol. The van der Waals surface area contributed by atoms with Gasteiger partial charge in [0.25, 0.3) is 5.71 Å². The zero-order valence-electron chi connectivity index (χ0n) is 14.7. The van der Waals surface area contributed by atoms with Crippen LogP contribution in [-0.2, 0) is 11.3 Å². The highest BCUT2D eigenvalue weighted by atomic mass is 16.5. The molecular formula is C19H21N5O2. The van der Waals surface area contributed by atoms with E-state index >= 15 is 0 Å². The van der Waals surface area contributed by atoms with Crippen LogP contribution in [0, 0.1) is 12.8 Å². The summed E-state index contributed by atoms with van der Waals surface area (Å²) in [4.78, 5) is 23.2. The lowest BCUT2D eigenvalue weighted by atomic mass is 9.95. The van der Waals surface area contributed by atoms with E-state index in [4.69, 9.17) is 4.52 Å². The summed E-state index contributed by atoms with van der Waals surface area (Å²) in [5.41, 5.74) is 2.41. The molecule has 1 saturated heterocycles. The molecule has 0 unspecified atom stereocenters. The lowest BCUT2D eigenvalue weighted by molar-refractivity contribution is -0.125. The quantitative estimate of drug-likeness (QED) is 0.777. The second kappa shape index (κ2) is 7.11. The molecule has 0 bridgehead atoms. The molecule has 7 nitrogen and oxygen atoms in total. The summed E-state index contributed by atoms with van der Waals surface area (Å²) in [6.07, 6.45) is 3.10. The number of carbonyl (C=O) groups is 1. The number of benzene rings is 1. The van der Waals surface area contributed by atoms with Crippen molar-refractivity contribution in [3.63, 3.8) is 0 Å². The van der Waals surface area contributed by atoms with E-state index in [9.17, 15) is 4.79 Å². The standard InChI is InChI=1S/C19H21N5O2/c1-13-16-17(21-12-22-19(16)26-23-13)24-9-7-15(8-10-24)18(25)20-11-14-5-3-2-4-6-14/h2-6,12,15H,7-11H2,1H3,(H,20,25). The monoisotopic (exact) mass is 351 g/mol. The first kappa shape index (κ1) is 16.5. The molecule has 1 aromatic carbocycles. The van der Waals surface area contributed by atoms with Crippen molar-refractivity contribution in [1.29, 1.82) is 0 Å². The third-order valence-corrected chi connectivity index (χ3v) is 4.90. The smallest absolute Gasteiger partial charge is 0.263 e. The fourth-order valence-electron chi connectivity index (χ4n) is 3.43. The Hall–Kier alpha value is -2.96. The van der Waals surface area contributed by atoms with Gasteiger partial charge in [-0.3, -0.25) is 4.79 Å². The molecule has 4 rings (SSSR count). The molecule has 134 valence electrons. The van der Waals surface area contributed by atoms with Gasteiger partial charge in [0, 0.05) is 25.6 Å². The minimum absolute atomic E-state index is 0.0378. The summed E-state index contributed by atoms with van der Waals surface area (Å²) in [5, 5.41) is 7.89. The Morgan fingerprint density at radius 1 is 1.23 bits per heavy atom. The summed E-state index contributed by atoms with van der Waals surface area (Å²) >= 11 is 0. The molecule has 7 heteroatoms. The number of carbonyl (C=O) groups excluding carboxylic acids is 1. The average Bonchev–Trinajstić information content (AvgIpc) is 3.08. The lowest BCUT2D eigenvalue weighted by Gasteiger charge is -2.32. The summed E-state index contributed by atoms with van der Waals surface area (Å²) in [5.74, 6) is 1.01. The number of hydrogen-bond acceptors (Lipinski definition) is 6. The van der Waals surface area contributed by atoms with Crippen molar-refractivity contribution in [3.05, 3.63) is 47.9 Å². The number of anilines is 1. The third-order valence-electron chi connectivity index (χ3n) is 4.90. The molecule has 0 spiro atoms. The maximum atomic E-state index is 12.5. The van der Waals surface area contributed by atoms with Crippen LogP contribution in [0.2, 0.25) is 0 Å². The molecule has 3 aromatic rings. The Bertz CT molecular complexity index is 901. The summed E-state index contributed by atoms with van der Waals surface area (Å²) in [7, 11) is 0. The third kappa shape index (κ3) is 3.24. The number of piperidine rings is 1. The summed E-state index contributed by atoms with van der Waals surface area (Å²) < 4.78 is 5.22. The first-order chi connectivity index (χ1) is 12.7. The highest BCUT2D eigenvalue weighted by molar-refractivity contribution is 5.88. The molecule has 1 aliphatic rings. The van der Waals surface area contributed by atoms with Gasteiger partial charge in [-0.2, -0.15) is 4.98 Å². The SMILES string of the molecule is Cc1noc2ncnc(N3CCC(C(=O)NCc4ccccc4)CC3)c12. The lowest BCUT2D eigenvalue weighted by Crippen LogP contribution is -2.40. The van der Waals surface area contributed by atoms with Crippen LogP contribution in [0.15, 0.2) is 41.2 Å². The molecule has 3 heterocycles. The van der Waals surface area contributed by atoms with E-state index in [2.05, 4.69) is 25.3 Å². The molecule has 0 saturated carbocycles. The van der Waals surface area contributed by atoms with Crippen LogP contribution in [0.25, 0.3) is 11.1 Å². The number of aryl methyl sites for hydroxylation is 1. The minimum Gasteiger partial charge on any atom is -0.356 e. The van der Waals surface area contributed by atoms with Gasteiger partial charge in [0.2, 0.25) is 5.91 Å². The Balaban J connectivity index is 1.38. The molecule has 1 fully saturated rings. The second-order valence-electron chi connectivity index (χ2n) is 6.61. The molecule has 0 aliphatic carbocycles. The van der Waals surface area contributed by atoms with E-state index in [0.717, 1.165) is 48.4 Å². The van der Waals surface area contributed by atoms with Gasteiger partial charge >= 0.3 is 0 Å². The van der Waals surface area contributed by atoms with Crippen molar-refractivity contribution < 1.29 is 9.32 Å². The van der Waals surface area contributed by atoms with Crippen LogP contribution in [0.3, 0.4) is 0 Å². The van der Waals surface area contributed by atoms with E-state index in [1.807, 2.05) is 37.3 Å². The highest BCUT2D eigenvalue weighted by Crippen LogP contribution is 2.29. The predicted molar refractivity (Wildman–Crippen MR) is 97.6 cm³/mol. The number of rotatable bonds is 4. The van der Waals surface area contributed by atoms with Crippen molar-refractivity contribution in [1.82, 2.24) is 20.4 Å². The molecule has 1 aliphatic heterocycles. The van der Waals surface area contributed by atoms with Gasteiger partial charge < -0.3 is 14.7 Å². The number of nitrogens with one attached hydrogen (secondary N) is 1. The first-order valence-electron chi connectivity index (χ1n) is 8.86. The minimum atomic E-state index is 0.0378. The van der Waals surface area contributed by atoms with Crippen molar-refractivity contribution in [3.8, 4) is 0 Å². The normalized spacial score (nSPS) is 15.3. The van der Waals surface area contributed by atoms with Gasteiger partial charge in [-0.1, -0.05) is 35.5 Å². The van der Waals surface area contributed by atoms with Gasteiger partial charge in [-0.25, -0.2) is 4.98 Å². The van der Waals surface area contributed by atoms with Crippen LogP contribution in [-0.4, -0.2) is 34.1 Å². The summed E-state index contributed by atoms with van der Waals surface area (Å²) in [6.45, 7) is 4.02. The predicted octanol–water partition coefficient (Wildman–Crippen LogP) is 2.46. The highest BCUT2D eigenvalue weighted by Gasteiger charge is 2.27. The maximum Gasteiger partial charge on any atom is 0.263 e. The Kier molecular flexibility index (Phi) is 4.51. The Labute approximate surface area is 151 Å². The van der Waals surface area contributed by atoms with Gasteiger partial charge in [0.05, 0.1) is 5.69 Å². The number of fused-ring (bicyclic) bond motifs is 1. The zero-order valence-corrected chi connectivity index (χ0v) is 14.7. The van der Waals surface area contributed by atoms with E-state index < -0.39 is 0 Å². The van der Waals surface area contributed by atoms with Gasteiger partial charge in [0.15, 0.2) is 0 Å². The number of hydrogen-bond donors (Lipinski definition) is 1. The van der Waals surface area contributed by atoms with Gasteiger partial charge in [0.1, 0.15) is 17.5 Å². The topological polar surface area (TPSA) is 84.2 Å². The van der Waals surface area contributed by atoms with Crippen LogP contribution in [0.5, 0.6) is 0 Å². The maximum absolute atomic E-state index is 12.5. The van der Waals surface area contributed by atoms with Crippen molar-refractivity contribution in [2.24, 2.45) is 5.92 Å². The summed E-state index contributed by atoms with van der Waals surface area (Å²) in [6, 6.07) is 9.97.